The molecule has 0 saturated carbocycles. The van der Waals surface area contributed by atoms with Crippen LogP contribution in [0.2, 0.25) is 0 Å². The van der Waals surface area contributed by atoms with Crippen LogP contribution in [0.1, 0.15) is 26.2 Å². The van der Waals surface area contributed by atoms with Gasteiger partial charge in [0.15, 0.2) is 0 Å². The molecule has 1 N–H and O–H groups in total. The molecular weight excluding hydrogens is 186 g/mol. The lowest BCUT2D eigenvalue weighted by atomic mass is 10.0. The molecule has 0 bridgehead atoms. The van der Waals surface area contributed by atoms with Gasteiger partial charge in [0.05, 0.1) is 6.33 Å². The van der Waals surface area contributed by atoms with E-state index in [1.165, 1.54) is 19.3 Å². The van der Waals surface area contributed by atoms with Crippen LogP contribution in [0.4, 0.5) is 0 Å². The molecule has 0 fully saturated rings. The number of nitrogens with zero attached hydrogens (tertiary/aromatic N) is 2. The SMILES string of the molecule is CC(Cn1ccnc1)NC1C=CCCC1. The van der Waals surface area contributed by atoms with Crippen LogP contribution in [0.3, 0.4) is 0 Å². The fourth-order valence-corrected chi connectivity index (χ4v) is 2.08. The maximum Gasteiger partial charge on any atom is 0.0946 e. The molecular formula is C12H19N3. The predicted molar refractivity (Wildman–Crippen MR) is 61.6 cm³/mol. The minimum Gasteiger partial charge on any atom is -0.336 e. The van der Waals surface area contributed by atoms with E-state index in [-0.39, 0.29) is 0 Å². The highest BCUT2D eigenvalue weighted by Crippen LogP contribution is 2.10. The third kappa shape index (κ3) is 3.20. The van der Waals surface area contributed by atoms with E-state index in [4.69, 9.17) is 0 Å². The molecule has 1 aromatic rings. The predicted octanol–water partition coefficient (Wildman–Crippen LogP) is 1.97. The second kappa shape index (κ2) is 5.12. The van der Waals surface area contributed by atoms with E-state index in [0.29, 0.717) is 12.1 Å². The molecule has 0 aromatic carbocycles. The van der Waals surface area contributed by atoms with Crippen LogP contribution in [0.5, 0.6) is 0 Å². The van der Waals surface area contributed by atoms with Gasteiger partial charge in [-0.15, -0.1) is 0 Å². The van der Waals surface area contributed by atoms with Crippen LogP contribution >= 0.6 is 0 Å². The number of allylic oxidation sites excluding steroid dienone is 1. The molecule has 1 aliphatic carbocycles. The molecule has 1 aromatic heterocycles. The molecule has 2 rings (SSSR count). The van der Waals surface area contributed by atoms with E-state index in [1.807, 2.05) is 18.7 Å². The van der Waals surface area contributed by atoms with Gasteiger partial charge in [-0.1, -0.05) is 12.2 Å². The van der Waals surface area contributed by atoms with Crippen molar-refractivity contribution in [3.63, 3.8) is 0 Å². The fourth-order valence-electron chi connectivity index (χ4n) is 2.08. The van der Waals surface area contributed by atoms with Crippen molar-refractivity contribution >= 4 is 0 Å². The molecule has 0 spiro atoms. The summed E-state index contributed by atoms with van der Waals surface area (Å²) in [5.74, 6) is 0. The average molecular weight is 205 g/mol. The first kappa shape index (κ1) is 10.4. The lowest BCUT2D eigenvalue weighted by Gasteiger charge is -2.23. The Morgan fingerprint density at radius 3 is 3.20 bits per heavy atom. The molecule has 0 saturated heterocycles. The molecule has 15 heavy (non-hydrogen) atoms. The van der Waals surface area contributed by atoms with Crippen molar-refractivity contribution in [1.82, 2.24) is 14.9 Å². The third-order valence-corrected chi connectivity index (χ3v) is 2.80. The van der Waals surface area contributed by atoms with Gasteiger partial charge in [-0.3, -0.25) is 0 Å². The van der Waals surface area contributed by atoms with Gasteiger partial charge in [-0.05, 0) is 26.2 Å². The van der Waals surface area contributed by atoms with Gasteiger partial charge in [0.25, 0.3) is 0 Å². The van der Waals surface area contributed by atoms with Gasteiger partial charge in [-0.2, -0.15) is 0 Å². The first-order valence-electron chi connectivity index (χ1n) is 5.73. The van der Waals surface area contributed by atoms with Crippen LogP contribution in [-0.2, 0) is 6.54 Å². The van der Waals surface area contributed by atoms with Gasteiger partial charge < -0.3 is 9.88 Å². The Bertz CT molecular complexity index is 303. The van der Waals surface area contributed by atoms with Crippen molar-refractivity contribution in [3.05, 3.63) is 30.9 Å². The molecule has 2 atom stereocenters. The summed E-state index contributed by atoms with van der Waals surface area (Å²) in [6, 6.07) is 1.06. The monoisotopic (exact) mass is 205 g/mol. The zero-order valence-electron chi connectivity index (χ0n) is 9.26. The van der Waals surface area contributed by atoms with Crippen molar-refractivity contribution < 1.29 is 0 Å². The Morgan fingerprint density at radius 1 is 1.60 bits per heavy atom. The Labute approximate surface area is 91.2 Å². The normalized spacial score (nSPS) is 22.9. The fraction of sp³-hybridized carbons (Fsp3) is 0.583. The van der Waals surface area contributed by atoms with E-state index in [2.05, 4.69) is 33.9 Å². The number of imidazole rings is 1. The lowest BCUT2D eigenvalue weighted by molar-refractivity contribution is 0.418. The third-order valence-electron chi connectivity index (χ3n) is 2.80. The zero-order chi connectivity index (χ0) is 10.5. The van der Waals surface area contributed by atoms with Gasteiger partial charge in [-0.25, -0.2) is 4.98 Å². The molecule has 1 heterocycles. The molecule has 3 heteroatoms. The maximum absolute atomic E-state index is 4.04. The number of nitrogens with one attached hydrogen (secondary N) is 1. The molecule has 0 aliphatic heterocycles. The highest BCUT2D eigenvalue weighted by molar-refractivity contribution is 4.98. The van der Waals surface area contributed by atoms with E-state index in [9.17, 15) is 0 Å². The number of aromatic nitrogens is 2. The van der Waals surface area contributed by atoms with Crippen LogP contribution in [0.15, 0.2) is 30.9 Å². The molecule has 0 radical (unpaired) electrons. The van der Waals surface area contributed by atoms with Crippen LogP contribution < -0.4 is 5.32 Å². The highest BCUT2D eigenvalue weighted by atomic mass is 15.1. The number of hydrogen-bond acceptors (Lipinski definition) is 2. The van der Waals surface area contributed by atoms with Crippen LogP contribution in [-0.4, -0.2) is 21.6 Å². The summed E-state index contributed by atoms with van der Waals surface area (Å²) >= 11 is 0. The largest absolute Gasteiger partial charge is 0.336 e. The molecule has 1 aliphatic rings. The zero-order valence-corrected chi connectivity index (χ0v) is 9.26. The summed E-state index contributed by atoms with van der Waals surface area (Å²) in [6.45, 7) is 3.22. The Morgan fingerprint density at radius 2 is 2.53 bits per heavy atom. The molecule has 82 valence electrons. The van der Waals surface area contributed by atoms with Gasteiger partial charge in [0.2, 0.25) is 0 Å². The van der Waals surface area contributed by atoms with Crippen molar-refractivity contribution in [2.45, 2.75) is 44.8 Å². The summed E-state index contributed by atoms with van der Waals surface area (Å²) in [6.07, 6.45) is 14.1. The van der Waals surface area contributed by atoms with Crippen molar-refractivity contribution in [2.24, 2.45) is 0 Å². The highest BCUT2D eigenvalue weighted by Gasteiger charge is 2.11. The first-order valence-corrected chi connectivity index (χ1v) is 5.73. The first-order chi connectivity index (χ1) is 7.34. The van der Waals surface area contributed by atoms with E-state index in [1.54, 1.807) is 0 Å². The van der Waals surface area contributed by atoms with E-state index >= 15 is 0 Å². The number of hydrogen-bond donors (Lipinski definition) is 1. The molecule has 3 nitrogen and oxygen atoms in total. The maximum atomic E-state index is 4.04. The quantitative estimate of drug-likeness (QED) is 0.762. The average Bonchev–Trinajstić information content (AvgIpc) is 2.71. The van der Waals surface area contributed by atoms with Crippen LogP contribution in [0, 0.1) is 0 Å². The second-order valence-corrected chi connectivity index (χ2v) is 4.29. The summed E-state index contributed by atoms with van der Waals surface area (Å²) in [5, 5.41) is 3.62. The van der Waals surface area contributed by atoms with Gasteiger partial charge in [0.1, 0.15) is 0 Å². The standard InChI is InChI=1S/C12H19N3/c1-11(9-15-8-7-13-10-15)14-12-5-3-2-4-6-12/h3,5,7-8,10-12,14H,2,4,6,9H2,1H3. The van der Waals surface area contributed by atoms with Crippen molar-refractivity contribution in [1.29, 1.82) is 0 Å². The van der Waals surface area contributed by atoms with Crippen molar-refractivity contribution in [2.75, 3.05) is 0 Å². The summed E-state index contributed by atoms with van der Waals surface area (Å²) in [4.78, 5) is 4.04. The summed E-state index contributed by atoms with van der Waals surface area (Å²) in [5.41, 5.74) is 0. The Hall–Kier alpha value is -1.09. The van der Waals surface area contributed by atoms with Crippen molar-refractivity contribution in [3.8, 4) is 0 Å². The molecule has 2 unspecified atom stereocenters. The van der Waals surface area contributed by atoms with E-state index in [0.717, 1.165) is 6.54 Å². The van der Waals surface area contributed by atoms with Gasteiger partial charge in [0, 0.05) is 31.0 Å². The summed E-state index contributed by atoms with van der Waals surface area (Å²) < 4.78 is 2.12. The summed E-state index contributed by atoms with van der Waals surface area (Å²) in [7, 11) is 0. The van der Waals surface area contributed by atoms with Crippen LogP contribution in [0.25, 0.3) is 0 Å². The number of rotatable bonds is 4. The van der Waals surface area contributed by atoms with E-state index < -0.39 is 0 Å². The smallest absolute Gasteiger partial charge is 0.0946 e. The Balaban J connectivity index is 1.79. The minimum absolute atomic E-state index is 0.493. The second-order valence-electron chi connectivity index (χ2n) is 4.29. The molecule has 0 amide bonds. The van der Waals surface area contributed by atoms with Gasteiger partial charge >= 0.3 is 0 Å². The minimum atomic E-state index is 0.493. The Kier molecular flexibility index (Phi) is 3.56. The topological polar surface area (TPSA) is 29.9 Å². The lowest BCUT2D eigenvalue weighted by Crippen LogP contribution is -2.38.